The molecule has 1 aromatic heterocycles. The molecule has 9 heteroatoms. The van der Waals surface area contributed by atoms with Crippen molar-refractivity contribution in [2.45, 2.75) is 19.0 Å². The maximum absolute atomic E-state index is 12.0. The Labute approximate surface area is 176 Å². The second kappa shape index (κ2) is 10.4. The predicted octanol–water partition coefficient (Wildman–Crippen LogP) is 1.36. The van der Waals surface area contributed by atoms with Crippen molar-refractivity contribution in [3.05, 3.63) is 42.4 Å². The van der Waals surface area contributed by atoms with Crippen LogP contribution in [0.15, 0.2) is 46.0 Å². The average Bonchev–Trinajstić information content (AvgIpc) is 3.46. The Morgan fingerprint density at radius 2 is 2.00 bits per heavy atom. The van der Waals surface area contributed by atoms with Gasteiger partial charge in [0.25, 0.3) is 0 Å². The quantitative estimate of drug-likeness (QED) is 0.442. The molecule has 1 fully saturated rings. The number of rotatable bonds is 8. The van der Waals surface area contributed by atoms with Crippen LogP contribution < -0.4 is 30.3 Å². The van der Waals surface area contributed by atoms with Gasteiger partial charge in [-0.1, -0.05) is 0 Å². The molecule has 1 aromatic carbocycles. The molecular weight excluding hydrogens is 386 g/mol. The number of ether oxygens (including phenoxy) is 2. The Bertz CT molecular complexity index is 831. The van der Waals surface area contributed by atoms with Crippen LogP contribution in [0.1, 0.15) is 12.2 Å². The van der Waals surface area contributed by atoms with Crippen LogP contribution in [-0.4, -0.2) is 58.8 Å². The number of hydrogen-bond acceptors (Lipinski definition) is 6. The molecule has 2 heterocycles. The van der Waals surface area contributed by atoms with Crippen LogP contribution in [0.5, 0.6) is 11.5 Å². The number of anilines is 1. The first-order chi connectivity index (χ1) is 14.6. The molecule has 1 aliphatic rings. The number of hydrogen-bond donors (Lipinski definition) is 3. The van der Waals surface area contributed by atoms with Gasteiger partial charge in [0.15, 0.2) is 5.96 Å². The standard InChI is InChI=1S/C21H29N5O4/c1-22-21(24-13-20(27)23-12-17-5-4-8-30-17)25-15-6-7-26(14-15)16-9-18(28-2)11-19(10-16)29-3/h4-5,8-11,15H,6-7,12-14H2,1-3H3,(H,23,27)(H2,22,24,25). The second-order valence-corrected chi connectivity index (χ2v) is 6.93. The Morgan fingerprint density at radius 3 is 2.63 bits per heavy atom. The number of methoxy groups -OCH3 is 2. The van der Waals surface area contributed by atoms with Crippen molar-refractivity contribution in [2.24, 2.45) is 4.99 Å². The molecule has 1 aliphatic heterocycles. The maximum atomic E-state index is 12.0. The topological polar surface area (TPSA) is 100 Å². The highest BCUT2D eigenvalue weighted by Gasteiger charge is 2.24. The Kier molecular flexibility index (Phi) is 7.42. The van der Waals surface area contributed by atoms with Gasteiger partial charge >= 0.3 is 0 Å². The molecule has 2 aromatic rings. The van der Waals surface area contributed by atoms with Crippen LogP contribution >= 0.6 is 0 Å². The zero-order valence-electron chi connectivity index (χ0n) is 17.6. The van der Waals surface area contributed by atoms with E-state index in [4.69, 9.17) is 13.9 Å². The fourth-order valence-corrected chi connectivity index (χ4v) is 3.30. The van der Waals surface area contributed by atoms with Crippen LogP contribution in [0.2, 0.25) is 0 Å². The van der Waals surface area contributed by atoms with Crippen LogP contribution in [0.25, 0.3) is 0 Å². The molecule has 9 nitrogen and oxygen atoms in total. The summed E-state index contributed by atoms with van der Waals surface area (Å²) in [5.74, 6) is 2.70. The van der Waals surface area contributed by atoms with Crippen molar-refractivity contribution in [1.29, 1.82) is 0 Å². The summed E-state index contributed by atoms with van der Waals surface area (Å²) in [6.07, 6.45) is 2.53. The van der Waals surface area contributed by atoms with E-state index >= 15 is 0 Å². The number of nitrogens with zero attached hydrogens (tertiary/aromatic N) is 2. The predicted molar refractivity (Wildman–Crippen MR) is 115 cm³/mol. The van der Waals surface area contributed by atoms with E-state index in [-0.39, 0.29) is 18.5 Å². The molecule has 0 bridgehead atoms. The Morgan fingerprint density at radius 1 is 1.23 bits per heavy atom. The van der Waals surface area contributed by atoms with Crippen LogP contribution in [0, 0.1) is 0 Å². The van der Waals surface area contributed by atoms with E-state index in [0.29, 0.717) is 18.3 Å². The molecule has 0 radical (unpaired) electrons. The van der Waals surface area contributed by atoms with Crippen molar-refractivity contribution < 1.29 is 18.7 Å². The summed E-state index contributed by atoms with van der Waals surface area (Å²) in [4.78, 5) is 18.5. The van der Waals surface area contributed by atoms with Gasteiger partial charge in [-0.2, -0.15) is 0 Å². The van der Waals surface area contributed by atoms with Gasteiger partial charge in [-0.15, -0.1) is 0 Å². The molecular formula is C21H29N5O4. The normalized spacial score (nSPS) is 16.3. The van der Waals surface area contributed by atoms with E-state index in [0.717, 1.165) is 36.7 Å². The van der Waals surface area contributed by atoms with Gasteiger partial charge in [0.2, 0.25) is 5.91 Å². The molecule has 1 unspecified atom stereocenters. The molecule has 1 atom stereocenters. The maximum Gasteiger partial charge on any atom is 0.239 e. The first kappa shape index (κ1) is 21.4. The number of amides is 1. The molecule has 1 saturated heterocycles. The minimum atomic E-state index is -0.133. The highest BCUT2D eigenvalue weighted by atomic mass is 16.5. The second-order valence-electron chi connectivity index (χ2n) is 6.93. The molecule has 0 saturated carbocycles. The monoisotopic (exact) mass is 415 g/mol. The molecule has 30 heavy (non-hydrogen) atoms. The van der Waals surface area contributed by atoms with Gasteiger partial charge in [0.05, 0.1) is 33.6 Å². The smallest absolute Gasteiger partial charge is 0.239 e. The number of carbonyl (C=O) groups is 1. The molecule has 3 N–H and O–H groups in total. The number of nitrogens with one attached hydrogen (secondary N) is 3. The Hall–Kier alpha value is -3.36. The zero-order chi connectivity index (χ0) is 21.3. The van der Waals surface area contributed by atoms with Gasteiger partial charge in [0.1, 0.15) is 17.3 Å². The Balaban J connectivity index is 1.47. The number of aliphatic imine (C=N–C) groups is 1. The van der Waals surface area contributed by atoms with Crippen molar-refractivity contribution in [3.63, 3.8) is 0 Å². The lowest BCUT2D eigenvalue weighted by Crippen LogP contribution is -2.47. The highest BCUT2D eigenvalue weighted by molar-refractivity contribution is 5.86. The van der Waals surface area contributed by atoms with E-state index in [1.165, 1.54) is 0 Å². The van der Waals surface area contributed by atoms with Crippen LogP contribution in [0.4, 0.5) is 5.69 Å². The molecule has 3 rings (SSSR count). The summed E-state index contributed by atoms with van der Waals surface area (Å²) in [5, 5.41) is 9.24. The van der Waals surface area contributed by atoms with Gasteiger partial charge in [0, 0.05) is 50.1 Å². The van der Waals surface area contributed by atoms with E-state index in [9.17, 15) is 4.79 Å². The number of carbonyl (C=O) groups excluding carboxylic acids is 1. The summed E-state index contributed by atoms with van der Waals surface area (Å²) >= 11 is 0. The first-order valence-electron chi connectivity index (χ1n) is 9.85. The minimum absolute atomic E-state index is 0.129. The van der Waals surface area contributed by atoms with Crippen molar-refractivity contribution in [1.82, 2.24) is 16.0 Å². The van der Waals surface area contributed by atoms with E-state index < -0.39 is 0 Å². The highest BCUT2D eigenvalue weighted by Crippen LogP contribution is 2.30. The number of furan rings is 1. The van der Waals surface area contributed by atoms with Crippen LogP contribution in [-0.2, 0) is 11.3 Å². The van der Waals surface area contributed by atoms with Gasteiger partial charge in [-0.25, -0.2) is 0 Å². The van der Waals surface area contributed by atoms with Gasteiger partial charge in [-0.3, -0.25) is 9.79 Å². The van der Waals surface area contributed by atoms with E-state index in [1.807, 2.05) is 24.3 Å². The molecule has 0 spiro atoms. The third-order valence-corrected chi connectivity index (χ3v) is 4.91. The van der Waals surface area contributed by atoms with Crippen molar-refractivity contribution in [3.8, 4) is 11.5 Å². The van der Waals surface area contributed by atoms with Crippen molar-refractivity contribution in [2.75, 3.05) is 45.8 Å². The van der Waals surface area contributed by atoms with Crippen LogP contribution in [0.3, 0.4) is 0 Å². The minimum Gasteiger partial charge on any atom is -0.497 e. The SMILES string of the molecule is CN=C(NCC(=O)NCc1ccco1)NC1CCN(c2cc(OC)cc(OC)c2)C1. The lowest BCUT2D eigenvalue weighted by atomic mass is 10.2. The lowest BCUT2D eigenvalue weighted by molar-refractivity contribution is -0.120. The third-order valence-electron chi connectivity index (χ3n) is 4.91. The summed E-state index contributed by atoms with van der Waals surface area (Å²) < 4.78 is 15.9. The fraction of sp³-hybridized carbons (Fsp3) is 0.429. The largest absolute Gasteiger partial charge is 0.497 e. The third kappa shape index (κ3) is 5.82. The van der Waals surface area contributed by atoms with Gasteiger partial charge < -0.3 is 34.7 Å². The molecule has 1 amide bonds. The van der Waals surface area contributed by atoms with E-state index in [1.54, 1.807) is 33.6 Å². The van der Waals surface area contributed by atoms with Gasteiger partial charge in [-0.05, 0) is 18.6 Å². The first-order valence-corrected chi connectivity index (χ1v) is 9.85. The van der Waals surface area contributed by atoms with Crippen molar-refractivity contribution >= 4 is 17.6 Å². The molecule has 0 aliphatic carbocycles. The lowest BCUT2D eigenvalue weighted by Gasteiger charge is -2.21. The summed E-state index contributed by atoms with van der Waals surface area (Å²) in [5.41, 5.74) is 1.05. The summed E-state index contributed by atoms with van der Waals surface area (Å²) in [6, 6.07) is 9.68. The average molecular weight is 415 g/mol. The summed E-state index contributed by atoms with van der Waals surface area (Å²) in [6.45, 7) is 2.20. The fourth-order valence-electron chi connectivity index (χ4n) is 3.30. The number of benzene rings is 1. The molecule has 162 valence electrons. The summed E-state index contributed by atoms with van der Waals surface area (Å²) in [7, 11) is 4.98. The van der Waals surface area contributed by atoms with E-state index in [2.05, 4.69) is 25.8 Å². The zero-order valence-corrected chi connectivity index (χ0v) is 17.6. The number of guanidine groups is 1.